The molecule has 0 bridgehead atoms. The number of nitrogens with zero attached hydrogens (tertiary/aromatic N) is 2. The monoisotopic (exact) mass is 363 g/mol. The highest BCUT2D eigenvalue weighted by molar-refractivity contribution is 5.80. The molecule has 6 heteroatoms. The molecule has 2 aliphatic heterocycles. The number of carbonyl (C=O) groups excluding carboxylic acids is 3. The zero-order valence-electron chi connectivity index (χ0n) is 15.9. The van der Waals surface area contributed by atoms with Crippen molar-refractivity contribution in [2.75, 3.05) is 26.2 Å². The van der Waals surface area contributed by atoms with E-state index in [1.165, 1.54) is 12.8 Å². The molecule has 26 heavy (non-hydrogen) atoms. The molecular weight excluding hydrogens is 330 g/mol. The smallest absolute Gasteiger partial charge is 0.225 e. The Balaban J connectivity index is 1.35. The van der Waals surface area contributed by atoms with E-state index in [0.717, 1.165) is 64.6 Å². The van der Waals surface area contributed by atoms with Gasteiger partial charge in [0.1, 0.15) is 0 Å². The van der Waals surface area contributed by atoms with Gasteiger partial charge in [0.25, 0.3) is 0 Å². The fourth-order valence-electron chi connectivity index (χ4n) is 4.49. The van der Waals surface area contributed by atoms with Crippen LogP contribution in [0.5, 0.6) is 0 Å². The molecule has 3 amide bonds. The average Bonchev–Trinajstić information content (AvgIpc) is 3.10. The number of amides is 3. The Morgan fingerprint density at radius 2 is 1.65 bits per heavy atom. The summed E-state index contributed by atoms with van der Waals surface area (Å²) >= 11 is 0. The molecule has 0 aromatic rings. The number of likely N-dealkylation sites (tertiary alicyclic amines) is 2. The molecule has 0 atom stereocenters. The molecule has 2 heterocycles. The lowest BCUT2D eigenvalue weighted by Crippen LogP contribution is -2.48. The van der Waals surface area contributed by atoms with Gasteiger partial charge in [-0.2, -0.15) is 0 Å². The van der Waals surface area contributed by atoms with Gasteiger partial charge in [-0.15, -0.1) is 0 Å². The maximum Gasteiger partial charge on any atom is 0.225 e. The van der Waals surface area contributed by atoms with Gasteiger partial charge in [-0.3, -0.25) is 14.4 Å². The van der Waals surface area contributed by atoms with E-state index in [9.17, 15) is 14.4 Å². The number of piperidine rings is 1. The van der Waals surface area contributed by atoms with E-state index in [0.29, 0.717) is 25.3 Å². The second-order valence-corrected chi connectivity index (χ2v) is 8.09. The summed E-state index contributed by atoms with van der Waals surface area (Å²) < 4.78 is 0. The molecule has 3 aliphatic rings. The number of nitrogens with one attached hydrogen (secondary N) is 1. The minimum atomic E-state index is 0.0302. The van der Waals surface area contributed by atoms with Gasteiger partial charge in [-0.25, -0.2) is 0 Å². The molecule has 0 spiro atoms. The summed E-state index contributed by atoms with van der Waals surface area (Å²) in [4.78, 5) is 40.5. The minimum Gasteiger partial charge on any atom is -0.353 e. The molecule has 0 radical (unpaired) electrons. The maximum atomic E-state index is 12.5. The van der Waals surface area contributed by atoms with Crippen LogP contribution in [0, 0.1) is 5.92 Å². The van der Waals surface area contributed by atoms with Crippen LogP contribution in [0.15, 0.2) is 0 Å². The number of hydrogen-bond donors (Lipinski definition) is 1. The molecule has 1 N–H and O–H groups in total. The van der Waals surface area contributed by atoms with E-state index in [4.69, 9.17) is 0 Å². The van der Waals surface area contributed by atoms with Gasteiger partial charge >= 0.3 is 0 Å². The zero-order valence-corrected chi connectivity index (χ0v) is 15.9. The van der Waals surface area contributed by atoms with Crippen molar-refractivity contribution in [1.29, 1.82) is 0 Å². The molecule has 1 saturated carbocycles. The lowest BCUT2D eigenvalue weighted by atomic mass is 10.0. The molecular formula is C20H33N3O3. The van der Waals surface area contributed by atoms with E-state index >= 15 is 0 Å². The number of hydrogen-bond acceptors (Lipinski definition) is 3. The highest BCUT2D eigenvalue weighted by Gasteiger charge is 2.30. The second-order valence-electron chi connectivity index (χ2n) is 8.09. The van der Waals surface area contributed by atoms with Gasteiger partial charge in [-0.05, 0) is 38.5 Å². The summed E-state index contributed by atoms with van der Waals surface area (Å²) in [5, 5.41) is 3.10. The Labute approximate surface area is 156 Å². The minimum absolute atomic E-state index is 0.0302. The van der Waals surface area contributed by atoms with Crippen molar-refractivity contribution in [3.63, 3.8) is 0 Å². The molecule has 0 aromatic heterocycles. The van der Waals surface area contributed by atoms with Gasteiger partial charge < -0.3 is 15.1 Å². The molecule has 3 rings (SSSR count). The summed E-state index contributed by atoms with van der Waals surface area (Å²) in [6, 6.07) is 0.162. The molecule has 6 nitrogen and oxygen atoms in total. The molecule has 1 aliphatic carbocycles. The summed E-state index contributed by atoms with van der Waals surface area (Å²) in [6.45, 7) is 2.83. The Kier molecular flexibility index (Phi) is 6.92. The largest absolute Gasteiger partial charge is 0.353 e. The topological polar surface area (TPSA) is 69.7 Å². The zero-order chi connectivity index (χ0) is 18.4. The van der Waals surface area contributed by atoms with E-state index in [1.54, 1.807) is 0 Å². The van der Waals surface area contributed by atoms with Crippen LogP contribution in [0.4, 0.5) is 0 Å². The first-order valence-corrected chi connectivity index (χ1v) is 10.5. The van der Waals surface area contributed by atoms with Crippen molar-refractivity contribution in [2.45, 2.75) is 76.7 Å². The third-order valence-corrected chi connectivity index (χ3v) is 6.16. The molecule has 3 fully saturated rings. The van der Waals surface area contributed by atoms with Crippen LogP contribution in [-0.4, -0.2) is 59.7 Å². The van der Waals surface area contributed by atoms with Crippen LogP contribution in [-0.2, 0) is 14.4 Å². The number of rotatable bonds is 5. The van der Waals surface area contributed by atoms with Gasteiger partial charge in [-0.1, -0.05) is 19.3 Å². The predicted molar refractivity (Wildman–Crippen MR) is 99.4 cm³/mol. The lowest BCUT2D eigenvalue weighted by Gasteiger charge is -2.34. The van der Waals surface area contributed by atoms with Crippen LogP contribution in [0.25, 0.3) is 0 Å². The van der Waals surface area contributed by atoms with Crippen LogP contribution in [0.3, 0.4) is 0 Å². The van der Waals surface area contributed by atoms with E-state index in [1.807, 2.05) is 9.80 Å². The normalized spacial score (nSPS) is 23.2. The van der Waals surface area contributed by atoms with Crippen LogP contribution >= 0.6 is 0 Å². The Bertz CT molecular complexity index is 508. The Morgan fingerprint density at radius 1 is 0.923 bits per heavy atom. The van der Waals surface area contributed by atoms with Crippen molar-refractivity contribution in [2.24, 2.45) is 5.92 Å². The Hall–Kier alpha value is -1.59. The standard InChI is InChI=1S/C20H33N3O3/c24-18(11-15-22-12-5-1-2-8-19(22)25)21-17-9-13-23(14-10-17)20(26)16-6-3-4-7-16/h16-17H,1-15H2,(H,21,24). The summed E-state index contributed by atoms with van der Waals surface area (Å²) in [5.41, 5.74) is 0. The summed E-state index contributed by atoms with van der Waals surface area (Å²) in [5.74, 6) is 0.788. The van der Waals surface area contributed by atoms with Gasteiger partial charge in [0.2, 0.25) is 17.7 Å². The molecule has 146 valence electrons. The van der Waals surface area contributed by atoms with Crippen molar-refractivity contribution in [3.05, 3.63) is 0 Å². The third-order valence-electron chi connectivity index (χ3n) is 6.16. The van der Waals surface area contributed by atoms with Gasteiger partial charge in [0.15, 0.2) is 0 Å². The van der Waals surface area contributed by atoms with Crippen molar-refractivity contribution >= 4 is 17.7 Å². The third kappa shape index (κ3) is 5.21. The van der Waals surface area contributed by atoms with Crippen LogP contribution < -0.4 is 5.32 Å². The quantitative estimate of drug-likeness (QED) is 0.813. The summed E-state index contributed by atoms with van der Waals surface area (Å²) in [7, 11) is 0. The number of carbonyl (C=O) groups is 3. The first-order chi connectivity index (χ1) is 12.6. The van der Waals surface area contributed by atoms with Gasteiger partial charge in [0.05, 0.1) is 0 Å². The maximum absolute atomic E-state index is 12.5. The van der Waals surface area contributed by atoms with E-state index in [2.05, 4.69) is 5.32 Å². The summed E-state index contributed by atoms with van der Waals surface area (Å²) in [6.07, 6.45) is 10.3. The second kappa shape index (κ2) is 9.38. The molecule has 2 saturated heterocycles. The highest BCUT2D eigenvalue weighted by Crippen LogP contribution is 2.27. The first kappa shape index (κ1) is 19.2. The highest BCUT2D eigenvalue weighted by atomic mass is 16.2. The Morgan fingerprint density at radius 3 is 2.38 bits per heavy atom. The van der Waals surface area contributed by atoms with E-state index < -0.39 is 0 Å². The van der Waals surface area contributed by atoms with E-state index in [-0.39, 0.29) is 23.8 Å². The lowest BCUT2D eigenvalue weighted by molar-refractivity contribution is -0.136. The van der Waals surface area contributed by atoms with Gasteiger partial charge in [0, 0.05) is 51.0 Å². The van der Waals surface area contributed by atoms with Crippen LogP contribution in [0.2, 0.25) is 0 Å². The first-order valence-electron chi connectivity index (χ1n) is 10.5. The van der Waals surface area contributed by atoms with Crippen molar-refractivity contribution in [1.82, 2.24) is 15.1 Å². The average molecular weight is 364 g/mol. The van der Waals surface area contributed by atoms with Crippen molar-refractivity contribution in [3.8, 4) is 0 Å². The molecule has 0 aromatic carbocycles. The fourth-order valence-corrected chi connectivity index (χ4v) is 4.49. The predicted octanol–water partition coefficient (Wildman–Crippen LogP) is 2.08. The van der Waals surface area contributed by atoms with Crippen molar-refractivity contribution < 1.29 is 14.4 Å². The SMILES string of the molecule is O=C(CCN1CCCCCC1=O)NC1CCN(C(=O)C2CCCC2)CC1. The van der Waals surface area contributed by atoms with Crippen LogP contribution in [0.1, 0.15) is 70.6 Å². The molecule has 0 unspecified atom stereocenters. The fraction of sp³-hybridized carbons (Fsp3) is 0.850.